The highest BCUT2D eigenvalue weighted by Crippen LogP contribution is 2.34. The topological polar surface area (TPSA) is 94.0 Å². The summed E-state index contributed by atoms with van der Waals surface area (Å²) in [6, 6.07) is 0. The molecule has 5 heterocycles. The molecule has 2 aromatic rings. The molecule has 3 aliphatic rings. The smallest absolute Gasteiger partial charge is 0.264 e. The maximum Gasteiger partial charge on any atom is 0.264 e. The number of hydrogen-bond acceptors (Lipinski definition) is 7. The molecule has 0 aromatic carbocycles. The van der Waals surface area contributed by atoms with Crippen LogP contribution in [0.1, 0.15) is 48.3 Å². The molecule has 2 aromatic heterocycles. The van der Waals surface area contributed by atoms with Gasteiger partial charge in [-0.3, -0.25) is 19.0 Å². The molecule has 2 atom stereocenters. The lowest BCUT2D eigenvalue weighted by Crippen LogP contribution is -2.47. The summed E-state index contributed by atoms with van der Waals surface area (Å²) >= 11 is 1.25. The van der Waals surface area contributed by atoms with Gasteiger partial charge in [0, 0.05) is 39.0 Å². The van der Waals surface area contributed by atoms with E-state index in [0.717, 1.165) is 19.5 Å². The number of fused-ring (bicyclic) bond motifs is 1. The number of rotatable bonds is 3. The number of aromatic nitrogens is 2. The summed E-state index contributed by atoms with van der Waals surface area (Å²) in [6.07, 6.45) is 3.83. The van der Waals surface area contributed by atoms with Crippen LogP contribution in [0.25, 0.3) is 10.2 Å². The fourth-order valence-electron chi connectivity index (χ4n) is 5.57. The number of likely N-dealkylation sites (tertiary alicyclic amines) is 2. The second-order valence-electron chi connectivity index (χ2n) is 10.1. The van der Waals surface area contributed by atoms with Crippen molar-refractivity contribution in [3.8, 4) is 0 Å². The Morgan fingerprint density at radius 1 is 1.12 bits per heavy atom. The van der Waals surface area contributed by atoms with Crippen molar-refractivity contribution in [2.75, 3.05) is 39.4 Å². The first-order chi connectivity index (χ1) is 16.3. The largest absolute Gasteiger partial charge is 0.347 e. The van der Waals surface area contributed by atoms with E-state index in [1.807, 2.05) is 4.90 Å². The molecule has 184 valence electrons. The van der Waals surface area contributed by atoms with Gasteiger partial charge < -0.3 is 19.3 Å². The first kappa shape index (κ1) is 23.4. The van der Waals surface area contributed by atoms with Crippen LogP contribution in [0.4, 0.5) is 0 Å². The normalized spacial score (nSPS) is 24.8. The van der Waals surface area contributed by atoms with Crippen molar-refractivity contribution in [3.63, 3.8) is 0 Å². The van der Waals surface area contributed by atoms with Gasteiger partial charge in [0.25, 0.3) is 11.5 Å². The third-order valence-electron chi connectivity index (χ3n) is 7.26. The molecule has 0 unspecified atom stereocenters. The molecule has 2 amide bonds. The van der Waals surface area contributed by atoms with Gasteiger partial charge in [0.2, 0.25) is 5.91 Å². The number of ether oxygens (including phenoxy) is 2. The van der Waals surface area contributed by atoms with Crippen molar-refractivity contribution in [1.29, 1.82) is 0 Å². The Morgan fingerprint density at radius 2 is 1.76 bits per heavy atom. The van der Waals surface area contributed by atoms with Crippen LogP contribution in [0.2, 0.25) is 0 Å². The molecule has 10 heteroatoms. The van der Waals surface area contributed by atoms with Gasteiger partial charge in [-0.1, -0.05) is 13.8 Å². The van der Waals surface area contributed by atoms with Crippen molar-refractivity contribution < 1.29 is 19.1 Å². The predicted octanol–water partition coefficient (Wildman–Crippen LogP) is 2.25. The molecule has 3 saturated heterocycles. The van der Waals surface area contributed by atoms with Crippen LogP contribution in [-0.2, 0) is 20.8 Å². The van der Waals surface area contributed by atoms with Crippen molar-refractivity contribution in [2.45, 2.75) is 52.4 Å². The molecular formula is C24H32N4O5S. The van der Waals surface area contributed by atoms with Gasteiger partial charge in [-0.25, -0.2) is 4.98 Å². The van der Waals surface area contributed by atoms with E-state index in [2.05, 4.69) is 18.8 Å². The van der Waals surface area contributed by atoms with Gasteiger partial charge in [-0.15, -0.1) is 11.3 Å². The summed E-state index contributed by atoms with van der Waals surface area (Å²) in [7, 11) is 0. The highest BCUT2D eigenvalue weighted by atomic mass is 32.1. The molecule has 3 fully saturated rings. The zero-order valence-corrected chi connectivity index (χ0v) is 20.9. The number of thiophene rings is 1. The van der Waals surface area contributed by atoms with Crippen molar-refractivity contribution in [3.05, 3.63) is 27.1 Å². The number of amides is 2. The van der Waals surface area contributed by atoms with Gasteiger partial charge in [0.15, 0.2) is 5.79 Å². The Balaban J connectivity index is 1.34. The number of piperidine rings is 2. The van der Waals surface area contributed by atoms with Gasteiger partial charge in [-0.2, -0.15) is 0 Å². The second kappa shape index (κ2) is 9.05. The maximum absolute atomic E-state index is 13.3. The van der Waals surface area contributed by atoms with Gasteiger partial charge in [0.05, 0.1) is 29.8 Å². The fourth-order valence-corrected chi connectivity index (χ4v) is 6.68. The SMILES string of the molecule is Cc1c(C(=O)N2CCC3(CC2)OCCO3)sc2ncn(CC(=O)N3C[C@@H](C)C[C@H](C)C3)c(=O)c12. The fraction of sp³-hybridized carbons (Fsp3) is 0.667. The monoisotopic (exact) mass is 488 g/mol. The average molecular weight is 489 g/mol. The van der Waals surface area contributed by atoms with E-state index in [1.165, 1.54) is 22.2 Å². The lowest BCUT2D eigenvalue weighted by atomic mass is 9.92. The van der Waals surface area contributed by atoms with E-state index < -0.39 is 5.79 Å². The highest BCUT2D eigenvalue weighted by Gasteiger charge is 2.41. The summed E-state index contributed by atoms with van der Waals surface area (Å²) in [6.45, 7) is 9.79. The van der Waals surface area contributed by atoms with Crippen LogP contribution in [0.5, 0.6) is 0 Å². The van der Waals surface area contributed by atoms with E-state index in [4.69, 9.17) is 9.47 Å². The molecule has 34 heavy (non-hydrogen) atoms. The van der Waals surface area contributed by atoms with Gasteiger partial charge >= 0.3 is 0 Å². The summed E-state index contributed by atoms with van der Waals surface area (Å²) in [5.74, 6) is 0.206. The maximum atomic E-state index is 13.3. The molecule has 0 saturated carbocycles. The molecule has 5 rings (SSSR count). The predicted molar refractivity (Wildman–Crippen MR) is 128 cm³/mol. The quantitative estimate of drug-likeness (QED) is 0.658. The number of nitrogens with zero attached hydrogens (tertiary/aromatic N) is 4. The van der Waals surface area contributed by atoms with E-state index in [0.29, 0.717) is 71.6 Å². The third-order valence-corrected chi connectivity index (χ3v) is 8.45. The number of hydrogen-bond donors (Lipinski definition) is 0. The molecule has 0 bridgehead atoms. The van der Waals surface area contributed by atoms with Crippen LogP contribution in [0, 0.1) is 18.8 Å². The molecule has 0 aliphatic carbocycles. The Bertz CT molecular complexity index is 1150. The van der Waals surface area contributed by atoms with Crippen molar-refractivity contribution in [2.24, 2.45) is 11.8 Å². The first-order valence-electron chi connectivity index (χ1n) is 12.1. The van der Waals surface area contributed by atoms with E-state index in [1.54, 1.807) is 11.8 Å². The lowest BCUT2D eigenvalue weighted by Gasteiger charge is -2.37. The van der Waals surface area contributed by atoms with Crippen LogP contribution in [0.15, 0.2) is 11.1 Å². The summed E-state index contributed by atoms with van der Waals surface area (Å²) in [4.78, 5) is 48.6. The zero-order chi connectivity index (χ0) is 24.0. The third kappa shape index (κ3) is 4.27. The number of carbonyl (C=O) groups excluding carboxylic acids is 2. The summed E-state index contributed by atoms with van der Waals surface area (Å²) in [5, 5.41) is 0.431. The minimum Gasteiger partial charge on any atom is -0.347 e. The second-order valence-corrected chi connectivity index (χ2v) is 11.1. The van der Waals surface area contributed by atoms with Gasteiger partial charge in [0.1, 0.15) is 11.4 Å². The van der Waals surface area contributed by atoms with Crippen molar-refractivity contribution >= 4 is 33.4 Å². The van der Waals surface area contributed by atoms with Crippen LogP contribution >= 0.6 is 11.3 Å². The standard InChI is InChI=1S/C24H32N4O5S/c1-15-10-16(2)12-27(11-15)18(29)13-28-14-25-21-19(22(28)30)17(3)20(34-21)23(31)26-6-4-24(5-7-26)32-8-9-33-24/h14-16H,4-13H2,1-3H3/t15-,16-/m0/s1. The van der Waals surface area contributed by atoms with E-state index in [-0.39, 0.29) is 23.9 Å². The van der Waals surface area contributed by atoms with Crippen LogP contribution in [-0.4, -0.2) is 76.3 Å². The van der Waals surface area contributed by atoms with E-state index >= 15 is 0 Å². The Labute approximate surface area is 202 Å². The Hall–Kier alpha value is -2.30. The first-order valence-corrected chi connectivity index (χ1v) is 12.9. The molecule has 3 aliphatic heterocycles. The highest BCUT2D eigenvalue weighted by molar-refractivity contribution is 7.20. The number of carbonyl (C=O) groups is 2. The summed E-state index contributed by atoms with van der Waals surface area (Å²) in [5.41, 5.74) is 0.368. The minimum atomic E-state index is -0.544. The average Bonchev–Trinajstić information content (AvgIpc) is 3.39. The molecule has 0 radical (unpaired) electrons. The minimum absolute atomic E-state index is 0.0337. The molecule has 9 nitrogen and oxygen atoms in total. The van der Waals surface area contributed by atoms with Crippen molar-refractivity contribution in [1.82, 2.24) is 19.4 Å². The molecule has 0 N–H and O–H groups in total. The van der Waals surface area contributed by atoms with Crippen LogP contribution in [0.3, 0.4) is 0 Å². The number of aryl methyl sites for hydroxylation is 1. The Morgan fingerprint density at radius 3 is 2.41 bits per heavy atom. The zero-order valence-electron chi connectivity index (χ0n) is 20.0. The van der Waals surface area contributed by atoms with Gasteiger partial charge in [-0.05, 0) is 30.7 Å². The molecular weight excluding hydrogens is 456 g/mol. The summed E-state index contributed by atoms with van der Waals surface area (Å²) < 4.78 is 12.9. The lowest BCUT2D eigenvalue weighted by molar-refractivity contribution is -0.181. The van der Waals surface area contributed by atoms with E-state index in [9.17, 15) is 14.4 Å². The molecule has 1 spiro atoms. The van der Waals surface area contributed by atoms with Crippen LogP contribution < -0.4 is 5.56 Å². The Kier molecular flexibility index (Phi) is 6.24.